The Hall–Kier alpha value is -1.97. The molecule has 0 spiro atoms. The van der Waals surface area contributed by atoms with Crippen molar-refractivity contribution in [3.8, 4) is 11.6 Å². The Morgan fingerprint density at radius 1 is 1.37 bits per heavy atom. The van der Waals surface area contributed by atoms with E-state index in [1.165, 1.54) is 5.56 Å². The second kappa shape index (κ2) is 5.34. The van der Waals surface area contributed by atoms with Gasteiger partial charge < -0.3 is 10.5 Å². The predicted octanol–water partition coefficient (Wildman–Crippen LogP) is 3.71. The van der Waals surface area contributed by atoms with Gasteiger partial charge in [0.25, 0.3) is 0 Å². The van der Waals surface area contributed by atoms with Gasteiger partial charge in [-0.05, 0) is 37.5 Å². The number of benzene rings is 1. The van der Waals surface area contributed by atoms with E-state index >= 15 is 0 Å². The van der Waals surface area contributed by atoms with Crippen LogP contribution in [0.3, 0.4) is 0 Å². The smallest absolute Gasteiger partial charge is 0.241 e. The molecule has 0 radical (unpaired) electrons. The second-order valence-corrected chi connectivity index (χ2v) is 4.95. The van der Waals surface area contributed by atoms with Crippen molar-refractivity contribution in [1.29, 1.82) is 0 Å². The predicted molar refractivity (Wildman–Crippen MR) is 77.7 cm³/mol. The van der Waals surface area contributed by atoms with Crippen LogP contribution in [0, 0.1) is 6.92 Å². The summed E-state index contributed by atoms with van der Waals surface area (Å²) < 4.78 is 7.70. The molecule has 1 aromatic heterocycles. The highest BCUT2D eigenvalue weighted by molar-refractivity contribution is 5.54. The standard InChI is InChI=1S/C15H21N3O/c1-5-18-15(14(16)11(4)17-18)19-13-8-6-7-12(9-13)10(2)3/h6-10H,5,16H2,1-4H3. The quantitative estimate of drug-likeness (QED) is 0.910. The zero-order valence-electron chi connectivity index (χ0n) is 12.0. The van der Waals surface area contributed by atoms with Gasteiger partial charge in [0.2, 0.25) is 5.88 Å². The maximum Gasteiger partial charge on any atom is 0.241 e. The van der Waals surface area contributed by atoms with Crippen molar-refractivity contribution in [1.82, 2.24) is 9.78 Å². The fraction of sp³-hybridized carbons (Fsp3) is 0.400. The van der Waals surface area contributed by atoms with Crippen LogP contribution in [0.4, 0.5) is 5.69 Å². The molecule has 0 saturated heterocycles. The molecule has 4 nitrogen and oxygen atoms in total. The third-order valence-electron chi connectivity index (χ3n) is 3.16. The van der Waals surface area contributed by atoms with Crippen LogP contribution in [0.15, 0.2) is 24.3 Å². The third-order valence-corrected chi connectivity index (χ3v) is 3.16. The largest absolute Gasteiger partial charge is 0.437 e. The van der Waals surface area contributed by atoms with Crippen LogP contribution in [0.25, 0.3) is 0 Å². The number of hydrogen-bond acceptors (Lipinski definition) is 3. The van der Waals surface area contributed by atoms with Crippen molar-refractivity contribution in [2.45, 2.75) is 40.2 Å². The molecule has 0 saturated carbocycles. The van der Waals surface area contributed by atoms with Crippen LogP contribution in [0.2, 0.25) is 0 Å². The van der Waals surface area contributed by atoms with Crippen LogP contribution in [-0.4, -0.2) is 9.78 Å². The molecule has 0 bridgehead atoms. The number of rotatable bonds is 4. The first-order chi connectivity index (χ1) is 9.02. The van der Waals surface area contributed by atoms with Crippen LogP contribution in [0.5, 0.6) is 11.6 Å². The lowest BCUT2D eigenvalue weighted by atomic mass is 10.0. The number of nitrogens with zero attached hydrogens (tertiary/aromatic N) is 2. The Labute approximate surface area is 114 Å². The first kappa shape index (κ1) is 13.5. The van der Waals surface area contributed by atoms with Crippen molar-refractivity contribution < 1.29 is 4.74 Å². The topological polar surface area (TPSA) is 53.1 Å². The molecule has 0 fully saturated rings. The molecular weight excluding hydrogens is 238 g/mol. The highest BCUT2D eigenvalue weighted by Crippen LogP contribution is 2.31. The van der Waals surface area contributed by atoms with E-state index in [0.29, 0.717) is 17.5 Å². The zero-order chi connectivity index (χ0) is 14.0. The van der Waals surface area contributed by atoms with E-state index in [0.717, 1.165) is 18.0 Å². The average molecular weight is 259 g/mol. The lowest BCUT2D eigenvalue weighted by molar-refractivity contribution is 0.418. The van der Waals surface area contributed by atoms with Crippen molar-refractivity contribution in [3.05, 3.63) is 35.5 Å². The molecule has 0 aliphatic heterocycles. The van der Waals surface area contributed by atoms with E-state index in [1.807, 2.05) is 32.0 Å². The molecule has 0 unspecified atom stereocenters. The summed E-state index contributed by atoms with van der Waals surface area (Å²) in [5.41, 5.74) is 8.67. The normalized spacial score (nSPS) is 11.0. The van der Waals surface area contributed by atoms with Gasteiger partial charge in [-0.3, -0.25) is 0 Å². The number of ether oxygens (including phenoxy) is 1. The summed E-state index contributed by atoms with van der Waals surface area (Å²) >= 11 is 0. The minimum atomic E-state index is 0.471. The SMILES string of the molecule is CCn1nc(C)c(N)c1Oc1cccc(C(C)C)c1. The van der Waals surface area contributed by atoms with E-state index in [2.05, 4.69) is 25.0 Å². The maximum absolute atomic E-state index is 6.02. The first-order valence-electron chi connectivity index (χ1n) is 6.63. The molecule has 1 heterocycles. The molecule has 19 heavy (non-hydrogen) atoms. The number of anilines is 1. The minimum Gasteiger partial charge on any atom is -0.437 e. The van der Waals surface area contributed by atoms with Crippen molar-refractivity contribution in [3.63, 3.8) is 0 Å². The molecule has 0 amide bonds. The van der Waals surface area contributed by atoms with E-state index in [1.54, 1.807) is 4.68 Å². The fourth-order valence-electron chi connectivity index (χ4n) is 1.94. The van der Waals surface area contributed by atoms with Crippen molar-refractivity contribution >= 4 is 5.69 Å². The summed E-state index contributed by atoms with van der Waals surface area (Å²) in [6.45, 7) is 8.96. The molecule has 102 valence electrons. The monoisotopic (exact) mass is 259 g/mol. The fourth-order valence-corrected chi connectivity index (χ4v) is 1.94. The van der Waals surface area contributed by atoms with Gasteiger partial charge in [-0.25, -0.2) is 4.68 Å². The number of aryl methyl sites for hydroxylation is 2. The van der Waals surface area contributed by atoms with E-state index in [9.17, 15) is 0 Å². The van der Waals surface area contributed by atoms with Gasteiger partial charge in [-0.15, -0.1) is 0 Å². The molecule has 2 N–H and O–H groups in total. The molecule has 1 aromatic carbocycles. The van der Waals surface area contributed by atoms with Crippen molar-refractivity contribution in [2.75, 3.05) is 5.73 Å². The highest BCUT2D eigenvalue weighted by Gasteiger charge is 2.14. The van der Waals surface area contributed by atoms with E-state index in [-0.39, 0.29) is 0 Å². The van der Waals surface area contributed by atoms with Gasteiger partial charge in [-0.1, -0.05) is 26.0 Å². The van der Waals surface area contributed by atoms with E-state index < -0.39 is 0 Å². The van der Waals surface area contributed by atoms with Crippen molar-refractivity contribution in [2.24, 2.45) is 0 Å². The summed E-state index contributed by atoms with van der Waals surface area (Å²) in [6.07, 6.45) is 0. The molecular formula is C15H21N3O. The first-order valence-corrected chi connectivity index (χ1v) is 6.63. The van der Waals surface area contributed by atoms with Gasteiger partial charge in [0.05, 0.1) is 5.69 Å². The molecule has 4 heteroatoms. The van der Waals surface area contributed by atoms with Crippen LogP contribution in [-0.2, 0) is 6.54 Å². The molecule has 2 rings (SSSR count). The van der Waals surface area contributed by atoms with Gasteiger partial charge in [0.15, 0.2) is 0 Å². The average Bonchev–Trinajstić information content (AvgIpc) is 2.67. The number of nitrogens with two attached hydrogens (primary N) is 1. The summed E-state index contributed by atoms with van der Waals surface area (Å²) in [7, 11) is 0. The second-order valence-electron chi connectivity index (χ2n) is 4.95. The Balaban J connectivity index is 2.33. The Kier molecular flexibility index (Phi) is 3.79. The minimum absolute atomic E-state index is 0.471. The number of aromatic nitrogens is 2. The van der Waals surface area contributed by atoms with Crippen LogP contribution >= 0.6 is 0 Å². The summed E-state index contributed by atoms with van der Waals surface area (Å²) in [6, 6.07) is 8.09. The Bertz CT molecular complexity index is 573. The van der Waals surface area contributed by atoms with E-state index in [4.69, 9.17) is 10.5 Å². The lowest BCUT2D eigenvalue weighted by Crippen LogP contribution is -2.01. The highest BCUT2D eigenvalue weighted by atomic mass is 16.5. The molecule has 0 atom stereocenters. The van der Waals surface area contributed by atoms with Gasteiger partial charge in [-0.2, -0.15) is 5.10 Å². The number of hydrogen-bond donors (Lipinski definition) is 1. The zero-order valence-corrected chi connectivity index (χ0v) is 12.0. The van der Waals surface area contributed by atoms with Gasteiger partial charge in [0, 0.05) is 6.54 Å². The lowest BCUT2D eigenvalue weighted by Gasteiger charge is -2.11. The number of nitrogen functional groups attached to an aromatic ring is 1. The third kappa shape index (κ3) is 2.72. The molecule has 0 aliphatic rings. The summed E-state index contributed by atoms with van der Waals surface area (Å²) in [5.74, 6) is 1.90. The Morgan fingerprint density at radius 3 is 2.74 bits per heavy atom. The molecule has 2 aromatic rings. The molecule has 0 aliphatic carbocycles. The summed E-state index contributed by atoms with van der Waals surface area (Å²) in [4.78, 5) is 0. The van der Waals surface area contributed by atoms with Crippen LogP contribution < -0.4 is 10.5 Å². The van der Waals surface area contributed by atoms with Gasteiger partial charge >= 0.3 is 0 Å². The summed E-state index contributed by atoms with van der Waals surface area (Å²) in [5, 5.41) is 4.35. The Morgan fingerprint density at radius 2 is 2.11 bits per heavy atom. The maximum atomic E-state index is 6.02. The van der Waals surface area contributed by atoms with Gasteiger partial charge in [0.1, 0.15) is 11.4 Å². The van der Waals surface area contributed by atoms with Crippen LogP contribution in [0.1, 0.15) is 37.9 Å².